The zero-order valence-corrected chi connectivity index (χ0v) is 13.4. The minimum absolute atomic E-state index is 0.310. The summed E-state index contributed by atoms with van der Waals surface area (Å²) in [5.41, 5.74) is -0.438. The summed E-state index contributed by atoms with van der Waals surface area (Å²) >= 11 is 0. The summed E-state index contributed by atoms with van der Waals surface area (Å²) in [6.45, 7) is 11.6. The van der Waals surface area contributed by atoms with Crippen LogP contribution in [0.2, 0.25) is 0 Å². The second-order valence-corrected chi connectivity index (χ2v) is 6.61. The van der Waals surface area contributed by atoms with Crippen molar-refractivity contribution in [1.29, 1.82) is 0 Å². The van der Waals surface area contributed by atoms with Gasteiger partial charge in [-0.25, -0.2) is 4.79 Å². The molecule has 1 saturated heterocycles. The number of rotatable bonds is 6. The first-order valence-electron chi connectivity index (χ1n) is 7.81. The summed E-state index contributed by atoms with van der Waals surface area (Å²) in [7, 11) is 0. The van der Waals surface area contributed by atoms with E-state index in [0.717, 1.165) is 26.1 Å². The maximum atomic E-state index is 11.6. The van der Waals surface area contributed by atoms with Crippen molar-refractivity contribution in [3.05, 3.63) is 0 Å². The minimum Gasteiger partial charge on any atom is -0.444 e. The van der Waals surface area contributed by atoms with Crippen LogP contribution in [0.4, 0.5) is 4.79 Å². The van der Waals surface area contributed by atoms with E-state index in [1.54, 1.807) is 0 Å². The molecule has 0 radical (unpaired) electrons. The van der Waals surface area contributed by atoms with Crippen LogP contribution < -0.4 is 16.0 Å². The Morgan fingerprint density at radius 2 is 2.20 bits per heavy atom. The minimum atomic E-state index is -0.438. The number of carbonyl (C=O) groups excluding carboxylic acids is 1. The zero-order valence-electron chi connectivity index (χ0n) is 13.4. The standard InChI is InChI=1S/C15H31N3O2/c1-5-13(11-18-14(19)20-15(2,3)4)17-10-12-7-6-8-16-9-12/h12-13,16-17H,5-11H2,1-4H3,(H,18,19). The molecule has 2 unspecified atom stereocenters. The van der Waals surface area contributed by atoms with E-state index in [0.29, 0.717) is 18.5 Å². The Morgan fingerprint density at radius 3 is 2.75 bits per heavy atom. The van der Waals surface area contributed by atoms with Crippen LogP contribution in [-0.2, 0) is 4.74 Å². The molecule has 5 heteroatoms. The topological polar surface area (TPSA) is 62.4 Å². The molecule has 1 rings (SSSR count). The molecule has 0 saturated carbocycles. The van der Waals surface area contributed by atoms with Crippen molar-refractivity contribution >= 4 is 6.09 Å². The van der Waals surface area contributed by atoms with Crippen molar-refractivity contribution in [3.63, 3.8) is 0 Å². The van der Waals surface area contributed by atoms with Crippen LogP contribution in [0.25, 0.3) is 0 Å². The van der Waals surface area contributed by atoms with Gasteiger partial charge in [0.2, 0.25) is 0 Å². The van der Waals surface area contributed by atoms with Crippen molar-refractivity contribution < 1.29 is 9.53 Å². The molecular formula is C15H31N3O2. The SMILES string of the molecule is CCC(CNC(=O)OC(C)(C)C)NCC1CCCNC1. The molecule has 0 aromatic rings. The lowest BCUT2D eigenvalue weighted by molar-refractivity contribution is 0.0522. The van der Waals surface area contributed by atoms with Gasteiger partial charge in [-0.15, -0.1) is 0 Å². The molecule has 3 N–H and O–H groups in total. The van der Waals surface area contributed by atoms with E-state index in [2.05, 4.69) is 22.9 Å². The molecule has 5 nitrogen and oxygen atoms in total. The quantitative estimate of drug-likeness (QED) is 0.697. The fourth-order valence-electron chi connectivity index (χ4n) is 2.31. The monoisotopic (exact) mass is 285 g/mol. The Balaban J connectivity index is 2.20. The van der Waals surface area contributed by atoms with Crippen LogP contribution in [0, 0.1) is 5.92 Å². The van der Waals surface area contributed by atoms with Crippen molar-refractivity contribution in [1.82, 2.24) is 16.0 Å². The lowest BCUT2D eigenvalue weighted by atomic mass is 9.99. The molecule has 2 atom stereocenters. The molecule has 1 heterocycles. The van der Waals surface area contributed by atoms with Gasteiger partial charge in [-0.2, -0.15) is 0 Å². The van der Waals surface area contributed by atoms with Gasteiger partial charge in [0.05, 0.1) is 0 Å². The number of ether oxygens (including phenoxy) is 1. The number of nitrogens with one attached hydrogen (secondary N) is 3. The van der Waals surface area contributed by atoms with E-state index >= 15 is 0 Å². The smallest absolute Gasteiger partial charge is 0.407 e. The fraction of sp³-hybridized carbons (Fsp3) is 0.933. The van der Waals surface area contributed by atoms with E-state index in [4.69, 9.17) is 4.74 Å². The summed E-state index contributed by atoms with van der Waals surface area (Å²) in [5.74, 6) is 0.708. The van der Waals surface area contributed by atoms with Crippen LogP contribution in [0.5, 0.6) is 0 Å². The van der Waals surface area contributed by atoms with Crippen LogP contribution in [-0.4, -0.2) is 43.9 Å². The van der Waals surface area contributed by atoms with Gasteiger partial charge < -0.3 is 20.7 Å². The second kappa shape index (κ2) is 8.47. The highest BCUT2D eigenvalue weighted by atomic mass is 16.6. The average molecular weight is 285 g/mol. The van der Waals surface area contributed by atoms with Crippen LogP contribution >= 0.6 is 0 Å². The normalized spacial score (nSPS) is 21.3. The molecule has 0 aliphatic carbocycles. The molecule has 1 fully saturated rings. The third-order valence-corrected chi connectivity index (χ3v) is 3.48. The Hall–Kier alpha value is -0.810. The van der Waals surface area contributed by atoms with Gasteiger partial charge in [-0.3, -0.25) is 0 Å². The molecular weight excluding hydrogens is 254 g/mol. The van der Waals surface area contributed by atoms with E-state index in [-0.39, 0.29) is 6.09 Å². The highest BCUT2D eigenvalue weighted by Gasteiger charge is 2.18. The van der Waals surface area contributed by atoms with Gasteiger partial charge in [0.15, 0.2) is 0 Å². The Bertz CT molecular complexity index is 283. The third kappa shape index (κ3) is 7.70. The zero-order chi connectivity index (χ0) is 15.0. The summed E-state index contributed by atoms with van der Waals surface area (Å²) < 4.78 is 5.24. The molecule has 118 valence electrons. The van der Waals surface area contributed by atoms with E-state index < -0.39 is 5.60 Å². The first-order chi connectivity index (χ1) is 9.40. The maximum Gasteiger partial charge on any atom is 0.407 e. The third-order valence-electron chi connectivity index (χ3n) is 3.48. The maximum absolute atomic E-state index is 11.6. The van der Waals surface area contributed by atoms with Crippen molar-refractivity contribution in [2.45, 2.75) is 58.6 Å². The number of piperidine rings is 1. The summed E-state index contributed by atoms with van der Waals surface area (Å²) in [6, 6.07) is 0.310. The van der Waals surface area contributed by atoms with Gasteiger partial charge in [0, 0.05) is 12.6 Å². The van der Waals surface area contributed by atoms with Crippen molar-refractivity contribution in [2.75, 3.05) is 26.2 Å². The number of amides is 1. The second-order valence-electron chi connectivity index (χ2n) is 6.61. The molecule has 0 aromatic heterocycles. The Morgan fingerprint density at radius 1 is 1.45 bits per heavy atom. The van der Waals surface area contributed by atoms with Gasteiger partial charge in [0.25, 0.3) is 0 Å². The Labute approximate surface area is 123 Å². The molecule has 1 amide bonds. The van der Waals surface area contributed by atoms with E-state index in [1.807, 2.05) is 20.8 Å². The Kier molecular flexibility index (Phi) is 7.30. The number of hydrogen-bond acceptors (Lipinski definition) is 4. The molecule has 0 spiro atoms. The first kappa shape index (κ1) is 17.2. The molecule has 1 aliphatic heterocycles. The summed E-state index contributed by atoms with van der Waals surface area (Å²) in [4.78, 5) is 11.6. The lowest BCUT2D eigenvalue weighted by Gasteiger charge is -2.26. The number of hydrogen-bond donors (Lipinski definition) is 3. The largest absolute Gasteiger partial charge is 0.444 e. The van der Waals surface area contributed by atoms with Gasteiger partial charge in [-0.05, 0) is 65.6 Å². The lowest BCUT2D eigenvalue weighted by Crippen LogP contribution is -2.45. The predicted molar refractivity (Wildman–Crippen MR) is 81.9 cm³/mol. The fourth-order valence-corrected chi connectivity index (χ4v) is 2.31. The average Bonchev–Trinajstić information content (AvgIpc) is 2.38. The van der Waals surface area contributed by atoms with Crippen molar-refractivity contribution in [3.8, 4) is 0 Å². The van der Waals surface area contributed by atoms with Gasteiger partial charge in [0.1, 0.15) is 5.60 Å². The van der Waals surface area contributed by atoms with E-state index in [9.17, 15) is 4.79 Å². The molecule has 0 bridgehead atoms. The molecule has 0 aromatic carbocycles. The van der Waals surface area contributed by atoms with Gasteiger partial charge in [-0.1, -0.05) is 6.92 Å². The highest BCUT2D eigenvalue weighted by molar-refractivity contribution is 5.67. The van der Waals surface area contributed by atoms with Crippen molar-refractivity contribution in [2.24, 2.45) is 5.92 Å². The van der Waals surface area contributed by atoms with E-state index in [1.165, 1.54) is 12.8 Å². The predicted octanol–water partition coefficient (Wildman–Crippen LogP) is 1.88. The van der Waals surface area contributed by atoms with Crippen LogP contribution in [0.1, 0.15) is 47.0 Å². The summed E-state index contributed by atoms with van der Waals surface area (Å²) in [6.07, 6.45) is 3.21. The number of carbonyl (C=O) groups is 1. The van der Waals surface area contributed by atoms with Crippen LogP contribution in [0.15, 0.2) is 0 Å². The summed E-state index contributed by atoms with van der Waals surface area (Å²) in [5, 5.41) is 9.81. The van der Waals surface area contributed by atoms with Crippen LogP contribution in [0.3, 0.4) is 0 Å². The highest BCUT2D eigenvalue weighted by Crippen LogP contribution is 2.09. The number of alkyl carbamates (subject to hydrolysis) is 1. The molecule has 1 aliphatic rings. The molecule has 20 heavy (non-hydrogen) atoms. The first-order valence-corrected chi connectivity index (χ1v) is 7.81. The van der Waals surface area contributed by atoms with Gasteiger partial charge >= 0.3 is 6.09 Å².